The number of hydrogen-bond donors (Lipinski definition) is 2. The van der Waals surface area contributed by atoms with Crippen LogP contribution in [-0.4, -0.2) is 41.8 Å². The Kier molecular flexibility index (Phi) is 4.17. The molecule has 1 unspecified atom stereocenters. The van der Waals surface area contributed by atoms with Gasteiger partial charge in [0, 0.05) is 26.7 Å². The highest BCUT2D eigenvalue weighted by Crippen LogP contribution is 2.32. The minimum atomic E-state index is 0.269. The molecule has 1 fully saturated rings. The van der Waals surface area contributed by atoms with E-state index in [1.807, 2.05) is 7.05 Å². The number of aromatic nitrogens is 2. The Hall–Kier alpha value is -0.880. The smallest absolute Gasteiger partial charge is 0.148 e. The Balaban J connectivity index is 2.13. The Morgan fingerprint density at radius 3 is 3.12 bits per heavy atom. The second kappa shape index (κ2) is 5.64. The molecule has 1 aromatic rings. The number of hydrogen-bond acceptors (Lipinski definition) is 5. The van der Waals surface area contributed by atoms with Gasteiger partial charge in [0.1, 0.15) is 22.4 Å². The maximum Gasteiger partial charge on any atom is 0.148 e. The average molecular weight is 301 g/mol. The summed E-state index contributed by atoms with van der Waals surface area (Å²) in [6.07, 6.45) is 3.56. The van der Waals surface area contributed by atoms with Crippen molar-refractivity contribution in [1.82, 2.24) is 9.97 Å². The fraction of sp³-hybridized carbons (Fsp3) is 0.636. The van der Waals surface area contributed by atoms with E-state index in [1.165, 1.54) is 0 Å². The third-order valence-electron chi connectivity index (χ3n) is 3.13. The number of anilines is 2. The monoisotopic (exact) mass is 300 g/mol. The quantitative estimate of drug-likeness (QED) is 0.882. The molecule has 6 heteroatoms. The van der Waals surface area contributed by atoms with Gasteiger partial charge >= 0.3 is 0 Å². The molecule has 0 aromatic carbocycles. The summed E-state index contributed by atoms with van der Waals surface area (Å²) in [6.45, 7) is 2.22. The fourth-order valence-corrected chi connectivity index (χ4v) is 2.85. The normalized spacial score (nSPS) is 19.7. The van der Waals surface area contributed by atoms with E-state index in [1.54, 1.807) is 6.33 Å². The van der Waals surface area contributed by atoms with E-state index < -0.39 is 0 Å². The van der Waals surface area contributed by atoms with E-state index in [0.29, 0.717) is 5.92 Å². The van der Waals surface area contributed by atoms with E-state index in [4.69, 9.17) is 5.11 Å². The number of nitrogens with zero attached hydrogens (tertiary/aromatic N) is 3. The second-order valence-electron chi connectivity index (χ2n) is 4.22. The van der Waals surface area contributed by atoms with Gasteiger partial charge in [0.2, 0.25) is 0 Å². The topological polar surface area (TPSA) is 61.3 Å². The minimum absolute atomic E-state index is 0.269. The van der Waals surface area contributed by atoms with Gasteiger partial charge < -0.3 is 15.3 Å². The van der Waals surface area contributed by atoms with Crippen LogP contribution in [-0.2, 0) is 0 Å². The summed E-state index contributed by atoms with van der Waals surface area (Å²) in [5, 5.41) is 12.0. The first kappa shape index (κ1) is 12.6. The van der Waals surface area contributed by atoms with Crippen LogP contribution in [0.5, 0.6) is 0 Å². The van der Waals surface area contributed by atoms with Crippen molar-refractivity contribution in [2.45, 2.75) is 12.8 Å². The van der Waals surface area contributed by atoms with Gasteiger partial charge in [-0.05, 0) is 34.7 Å². The van der Waals surface area contributed by atoms with Crippen LogP contribution >= 0.6 is 15.9 Å². The largest absolute Gasteiger partial charge is 0.396 e. The Bertz CT molecular complexity index is 388. The van der Waals surface area contributed by atoms with Crippen molar-refractivity contribution in [3.8, 4) is 0 Å². The van der Waals surface area contributed by atoms with Gasteiger partial charge in [0.25, 0.3) is 0 Å². The zero-order valence-corrected chi connectivity index (χ0v) is 11.4. The van der Waals surface area contributed by atoms with E-state index in [2.05, 4.69) is 36.1 Å². The number of halogens is 1. The Labute approximate surface area is 109 Å². The van der Waals surface area contributed by atoms with Crippen LogP contribution in [0, 0.1) is 5.92 Å². The second-order valence-corrected chi connectivity index (χ2v) is 5.02. The van der Waals surface area contributed by atoms with Crippen molar-refractivity contribution in [2.24, 2.45) is 5.92 Å². The molecule has 2 rings (SSSR count). The molecule has 1 aromatic heterocycles. The highest BCUT2D eigenvalue weighted by atomic mass is 79.9. The number of aliphatic hydroxyl groups excluding tert-OH is 1. The zero-order valence-electron chi connectivity index (χ0n) is 9.86. The molecule has 2 heterocycles. The molecule has 5 nitrogen and oxygen atoms in total. The van der Waals surface area contributed by atoms with Crippen molar-refractivity contribution in [1.29, 1.82) is 0 Å². The molecule has 94 valence electrons. The molecule has 0 radical (unpaired) electrons. The van der Waals surface area contributed by atoms with Crippen LogP contribution in [0.1, 0.15) is 12.8 Å². The Morgan fingerprint density at radius 2 is 2.41 bits per heavy atom. The number of nitrogens with one attached hydrogen (secondary N) is 1. The van der Waals surface area contributed by atoms with Crippen LogP contribution in [0.2, 0.25) is 0 Å². The predicted octanol–water partition coefficient (Wildman–Crippen LogP) is 1.49. The summed E-state index contributed by atoms with van der Waals surface area (Å²) >= 11 is 3.53. The van der Waals surface area contributed by atoms with Gasteiger partial charge in [-0.3, -0.25) is 0 Å². The predicted molar refractivity (Wildman–Crippen MR) is 71.3 cm³/mol. The van der Waals surface area contributed by atoms with E-state index in [-0.39, 0.29) is 6.61 Å². The van der Waals surface area contributed by atoms with E-state index >= 15 is 0 Å². The van der Waals surface area contributed by atoms with Crippen molar-refractivity contribution in [3.63, 3.8) is 0 Å². The summed E-state index contributed by atoms with van der Waals surface area (Å²) in [5.41, 5.74) is 0. The summed E-state index contributed by atoms with van der Waals surface area (Å²) in [6, 6.07) is 0. The molecule has 1 saturated heterocycles. The molecule has 1 aliphatic rings. The first-order valence-electron chi connectivity index (χ1n) is 5.80. The van der Waals surface area contributed by atoms with Gasteiger partial charge in [0.15, 0.2) is 0 Å². The molecule has 0 saturated carbocycles. The van der Waals surface area contributed by atoms with Crippen molar-refractivity contribution < 1.29 is 5.11 Å². The van der Waals surface area contributed by atoms with Gasteiger partial charge in [0.05, 0.1) is 0 Å². The van der Waals surface area contributed by atoms with Crippen LogP contribution in [0.3, 0.4) is 0 Å². The van der Waals surface area contributed by atoms with Gasteiger partial charge in [-0.15, -0.1) is 0 Å². The van der Waals surface area contributed by atoms with Crippen LogP contribution in [0.4, 0.5) is 11.6 Å². The molecule has 0 aliphatic carbocycles. The lowest BCUT2D eigenvalue weighted by atomic mass is 10.1. The summed E-state index contributed by atoms with van der Waals surface area (Å²) in [7, 11) is 1.84. The average Bonchev–Trinajstić information content (AvgIpc) is 2.78. The summed E-state index contributed by atoms with van der Waals surface area (Å²) < 4.78 is 0.909. The first-order valence-corrected chi connectivity index (χ1v) is 6.59. The first-order chi connectivity index (χ1) is 8.26. The Morgan fingerprint density at radius 1 is 1.59 bits per heavy atom. The summed E-state index contributed by atoms with van der Waals surface area (Å²) in [5.74, 6) is 2.31. The molecular weight excluding hydrogens is 284 g/mol. The molecule has 1 atom stereocenters. The van der Waals surface area contributed by atoms with Gasteiger partial charge in [-0.1, -0.05) is 0 Å². The van der Waals surface area contributed by atoms with Gasteiger partial charge in [-0.2, -0.15) is 0 Å². The van der Waals surface area contributed by atoms with Gasteiger partial charge in [-0.25, -0.2) is 9.97 Å². The zero-order chi connectivity index (χ0) is 12.3. The van der Waals surface area contributed by atoms with E-state index in [9.17, 15) is 0 Å². The number of aliphatic hydroxyl groups is 1. The maximum absolute atomic E-state index is 8.96. The maximum atomic E-state index is 8.96. The molecule has 0 bridgehead atoms. The summed E-state index contributed by atoms with van der Waals surface area (Å²) in [4.78, 5) is 10.7. The third kappa shape index (κ3) is 2.69. The van der Waals surface area contributed by atoms with E-state index in [0.717, 1.165) is 42.0 Å². The van der Waals surface area contributed by atoms with Crippen LogP contribution in [0.25, 0.3) is 0 Å². The lowest BCUT2D eigenvalue weighted by Gasteiger charge is -2.19. The molecule has 0 spiro atoms. The molecule has 0 amide bonds. The molecule has 1 aliphatic heterocycles. The number of rotatable bonds is 4. The third-order valence-corrected chi connectivity index (χ3v) is 3.86. The van der Waals surface area contributed by atoms with Crippen molar-refractivity contribution >= 4 is 27.6 Å². The highest BCUT2D eigenvalue weighted by molar-refractivity contribution is 9.10. The minimum Gasteiger partial charge on any atom is -0.396 e. The molecular formula is C11H17BrN4O. The molecule has 17 heavy (non-hydrogen) atoms. The molecule has 2 N–H and O–H groups in total. The lowest BCUT2D eigenvalue weighted by Crippen LogP contribution is -2.22. The standard InChI is InChI=1S/C11H17BrN4O/c1-13-10-9(12)11(15-7-14-10)16-4-2-8(6-16)3-5-17/h7-8,17H,2-6H2,1H3,(H,13,14,15). The van der Waals surface area contributed by atoms with Crippen molar-refractivity contribution in [2.75, 3.05) is 37.0 Å². The van der Waals surface area contributed by atoms with Crippen molar-refractivity contribution in [3.05, 3.63) is 10.8 Å². The fourth-order valence-electron chi connectivity index (χ4n) is 2.20. The highest BCUT2D eigenvalue weighted by Gasteiger charge is 2.25. The lowest BCUT2D eigenvalue weighted by molar-refractivity contribution is 0.263. The SMILES string of the molecule is CNc1ncnc(N2CCC(CCO)C2)c1Br. The van der Waals surface area contributed by atoms with Crippen LogP contribution < -0.4 is 10.2 Å². The van der Waals surface area contributed by atoms with Crippen LogP contribution in [0.15, 0.2) is 10.8 Å².